The summed E-state index contributed by atoms with van der Waals surface area (Å²) < 4.78 is 30.3. The Morgan fingerprint density at radius 3 is 2.80 bits per heavy atom. The van der Waals surface area contributed by atoms with Crippen LogP contribution in [0.4, 0.5) is 5.69 Å². The van der Waals surface area contributed by atoms with Crippen LogP contribution in [-0.2, 0) is 16.3 Å². The second-order valence-electron chi connectivity index (χ2n) is 4.73. The summed E-state index contributed by atoms with van der Waals surface area (Å²) in [6, 6.07) is 10.7. The monoisotopic (exact) mass is 290 g/mol. The van der Waals surface area contributed by atoms with Gasteiger partial charge in [0.05, 0.1) is 11.4 Å². The van der Waals surface area contributed by atoms with E-state index in [1.807, 2.05) is 24.3 Å². The van der Waals surface area contributed by atoms with Gasteiger partial charge in [0, 0.05) is 12.6 Å². The Morgan fingerprint density at radius 2 is 2.05 bits per heavy atom. The summed E-state index contributed by atoms with van der Waals surface area (Å²) in [5.41, 5.74) is 6.88. The molecule has 0 radical (unpaired) electrons. The predicted octanol–water partition coefficient (Wildman–Crippen LogP) is 1.44. The molecule has 20 heavy (non-hydrogen) atoms. The van der Waals surface area contributed by atoms with E-state index in [4.69, 9.17) is 10.5 Å². The van der Waals surface area contributed by atoms with E-state index in [-0.39, 0.29) is 22.6 Å². The molecule has 0 saturated heterocycles. The summed E-state index contributed by atoms with van der Waals surface area (Å²) in [4.78, 5) is 3.87. The van der Waals surface area contributed by atoms with E-state index in [9.17, 15) is 8.42 Å². The van der Waals surface area contributed by atoms with Crippen molar-refractivity contribution in [3.63, 3.8) is 0 Å². The number of hydrogen-bond acceptors (Lipinski definition) is 5. The minimum absolute atomic E-state index is 0.0699. The molecule has 1 aliphatic rings. The van der Waals surface area contributed by atoms with Crippen LogP contribution < -0.4 is 10.5 Å². The van der Waals surface area contributed by atoms with Crippen molar-refractivity contribution >= 4 is 15.5 Å². The van der Waals surface area contributed by atoms with E-state index in [1.165, 1.54) is 12.3 Å². The molecule has 6 heteroatoms. The van der Waals surface area contributed by atoms with Crippen LogP contribution in [0.3, 0.4) is 0 Å². The van der Waals surface area contributed by atoms with Crippen LogP contribution in [0.1, 0.15) is 5.56 Å². The van der Waals surface area contributed by atoms with Gasteiger partial charge >= 0.3 is 0 Å². The summed E-state index contributed by atoms with van der Waals surface area (Å²) in [6.07, 6.45) is 1.62. The van der Waals surface area contributed by atoms with Gasteiger partial charge in [-0.1, -0.05) is 18.2 Å². The summed E-state index contributed by atoms with van der Waals surface area (Å²) >= 11 is 0. The third kappa shape index (κ3) is 2.34. The van der Waals surface area contributed by atoms with Gasteiger partial charge in [-0.3, -0.25) is 0 Å². The summed E-state index contributed by atoms with van der Waals surface area (Å²) in [7, 11) is -3.55. The van der Waals surface area contributed by atoms with Crippen LogP contribution in [0.25, 0.3) is 0 Å². The molecular formula is C14H14N2O3S. The highest BCUT2D eigenvalue weighted by Gasteiger charge is 2.30. The van der Waals surface area contributed by atoms with E-state index in [1.54, 1.807) is 6.07 Å². The van der Waals surface area contributed by atoms with Crippen LogP contribution in [-0.4, -0.2) is 25.3 Å². The van der Waals surface area contributed by atoms with E-state index in [2.05, 4.69) is 4.98 Å². The summed E-state index contributed by atoms with van der Waals surface area (Å²) in [5, 5.41) is -0.0699. The summed E-state index contributed by atoms with van der Waals surface area (Å²) in [6.45, 7) is 0. The molecule has 1 aromatic carbocycles. The van der Waals surface area contributed by atoms with Crippen LogP contribution in [0.2, 0.25) is 0 Å². The Kier molecular flexibility index (Phi) is 3.10. The highest BCUT2D eigenvalue weighted by atomic mass is 32.2. The first kappa shape index (κ1) is 12.9. The molecular weight excluding hydrogens is 276 g/mol. The van der Waals surface area contributed by atoms with Gasteiger partial charge in [0.25, 0.3) is 0 Å². The van der Waals surface area contributed by atoms with Gasteiger partial charge < -0.3 is 10.5 Å². The lowest BCUT2D eigenvalue weighted by molar-refractivity contribution is 0.256. The lowest BCUT2D eigenvalue weighted by atomic mass is 10.1. The number of para-hydroxylation sites is 1. The molecule has 1 aliphatic heterocycles. The van der Waals surface area contributed by atoms with Crippen molar-refractivity contribution in [2.24, 2.45) is 0 Å². The molecule has 0 amide bonds. The van der Waals surface area contributed by atoms with Gasteiger partial charge in [-0.2, -0.15) is 0 Å². The molecule has 0 aliphatic carbocycles. The first-order valence-corrected chi connectivity index (χ1v) is 7.89. The minimum Gasteiger partial charge on any atom is -0.489 e. The van der Waals surface area contributed by atoms with Gasteiger partial charge in [0.1, 0.15) is 11.9 Å². The topological polar surface area (TPSA) is 82.3 Å². The largest absolute Gasteiger partial charge is 0.489 e. The Bertz CT molecular complexity index is 719. The molecule has 0 spiro atoms. The average molecular weight is 290 g/mol. The zero-order chi connectivity index (χ0) is 14.2. The van der Waals surface area contributed by atoms with Gasteiger partial charge in [-0.15, -0.1) is 0 Å². The van der Waals surface area contributed by atoms with E-state index in [0.717, 1.165) is 11.3 Å². The normalized spacial score (nSPS) is 17.5. The van der Waals surface area contributed by atoms with Crippen molar-refractivity contribution in [3.8, 4) is 5.75 Å². The van der Waals surface area contributed by atoms with Crippen LogP contribution in [0.15, 0.2) is 47.6 Å². The van der Waals surface area contributed by atoms with Crippen LogP contribution >= 0.6 is 0 Å². The quantitative estimate of drug-likeness (QED) is 0.925. The Labute approximate surface area is 117 Å². The Balaban J connectivity index is 1.81. The third-order valence-electron chi connectivity index (χ3n) is 3.21. The number of ether oxygens (including phenoxy) is 1. The SMILES string of the molecule is Nc1cccnc1S(=O)(=O)CC1Cc2ccccc2O1. The Morgan fingerprint density at radius 1 is 1.25 bits per heavy atom. The van der Waals surface area contributed by atoms with Crippen LogP contribution in [0, 0.1) is 0 Å². The second kappa shape index (κ2) is 4.79. The number of benzene rings is 1. The molecule has 0 saturated carbocycles. The van der Waals surface area contributed by atoms with E-state index < -0.39 is 9.84 Å². The molecule has 0 bridgehead atoms. The molecule has 2 N–H and O–H groups in total. The van der Waals surface area contributed by atoms with Crippen molar-refractivity contribution in [2.45, 2.75) is 17.6 Å². The molecule has 1 unspecified atom stereocenters. The molecule has 2 heterocycles. The number of pyridine rings is 1. The number of hydrogen-bond donors (Lipinski definition) is 1. The minimum atomic E-state index is -3.55. The fourth-order valence-electron chi connectivity index (χ4n) is 2.33. The maximum absolute atomic E-state index is 12.3. The number of rotatable bonds is 3. The highest BCUT2D eigenvalue weighted by Crippen LogP contribution is 2.29. The predicted molar refractivity (Wildman–Crippen MR) is 75.3 cm³/mol. The van der Waals surface area contributed by atoms with Crippen molar-refractivity contribution < 1.29 is 13.2 Å². The number of anilines is 1. The maximum atomic E-state index is 12.3. The number of nitrogens with zero attached hydrogens (tertiary/aromatic N) is 1. The molecule has 2 aromatic rings. The van der Waals surface area contributed by atoms with Crippen molar-refractivity contribution in [1.82, 2.24) is 4.98 Å². The molecule has 3 rings (SSSR count). The molecule has 1 atom stereocenters. The van der Waals surface area contributed by atoms with Gasteiger partial charge in [0.15, 0.2) is 5.03 Å². The fraction of sp³-hybridized carbons (Fsp3) is 0.214. The zero-order valence-electron chi connectivity index (χ0n) is 10.7. The Hall–Kier alpha value is -2.08. The van der Waals surface area contributed by atoms with E-state index in [0.29, 0.717) is 6.42 Å². The lowest BCUT2D eigenvalue weighted by Crippen LogP contribution is -2.26. The van der Waals surface area contributed by atoms with Gasteiger partial charge in [-0.05, 0) is 23.8 Å². The third-order valence-corrected chi connectivity index (χ3v) is 4.96. The fourth-order valence-corrected chi connectivity index (χ4v) is 3.82. The van der Waals surface area contributed by atoms with Gasteiger partial charge in [0.2, 0.25) is 9.84 Å². The first-order chi connectivity index (χ1) is 9.56. The first-order valence-electron chi connectivity index (χ1n) is 6.24. The van der Waals surface area contributed by atoms with Gasteiger partial charge in [-0.25, -0.2) is 13.4 Å². The smallest absolute Gasteiger partial charge is 0.201 e. The number of aromatic nitrogens is 1. The van der Waals surface area contributed by atoms with Crippen molar-refractivity contribution in [3.05, 3.63) is 48.2 Å². The van der Waals surface area contributed by atoms with Crippen molar-refractivity contribution in [2.75, 3.05) is 11.5 Å². The highest BCUT2D eigenvalue weighted by molar-refractivity contribution is 7.91. The number of fused-ring (bicyclic) bond motifs is 1. The van der Waals surface area contributed by atoms with E-state index >= 15 is 0 Å². The molecule has 104 valence electrons. The van der Waals surface area contributed by atoms with Crippen molar-refractivity contribution in [1.29, 1.82) is 0 Å². The lowest BCUT2D eigenvalue weighted by Gasteiger charge is -2.11. The number of nitrogen functional groups attached to an aromatic ring is 1. The number of sulfone groups is 1. The average Bonchev–Trinajstić information content (AvgIpc) is 2.80. The van der Waals surface area contributed by atoms with Crippen LogP contribution in [0.5, 0.6) is 5.75 Å². The maximum Gasteiger partial charge on any atom is 0.201 e. The standard InChI is InChI=1S/C14H14N2O3S/c15-12-5-3-7-16-14(12)20(17,18)9-11-8-10-4-1-2-6-13(10)19-11/h1-7,11H,8-9,15H2. The molecule has 1 aromatic heterocycles. The molecule has 5 nitrogen and oxygen atoms in total. The number of nitrogens with two attached hydrogens (primary N) is 1. The summed E-state index contributed by atoms with van der Waals surface area (Å²) in [5.74, 6) is 0.629. The zero-order valence-corrected chi connectivity index (χ0v) is 11.5. The second-order valence-corrected chi connectivity index (χ2v) is 6.68. The molecule has 0 fully saturated rings.